The highest BCUT2D eigenvalue weighted by atomic mass is 16.5. The number of hydrogen-bond acceptors (Lipinski definition) is 3. The molecule has 20 heavy (non-hydrogen) atoms. The molecule has 1 aromatic heterocycles. The number of aromatic nitrogens is 2. The van der Waals surface area contributed by atoms with E-state index in [-0.39, 0.29) is 6.04 Å². The minimum absolute atomic E-state index is 0.0385. The quantitative estimate of drug-likeness (QED) is 0.910. The smallest absolute Gasteiger partial charge is 0.130 e. The first-order valence-electron chi connectivity index (χ1n) is 7.03. The fraction of sp³-hybridized carbons (Fsp3) is 0.438. The SMILES string of the molecule is CCn1nc(C)cc1COc1cc(C)ccc1[C@@H](C)N. The van der Waals surface area contributed by atoms with Gasteiger partial charge in [-0.1, -0.05) is 12.1 Å². The van der Waals surface area contributed by atoms with Gasteiger partial charge in [-0.05, 0) is 45.4 Å². The molecular weight excluding hydrogens is 250 g/mol. The molecule has 4 heteroatoms. The second kappa shape index (κ2) is 6.09. The Morgan fingerprint density at radius 2 is 2.05 bits per heavy atom. The average molecular weight is 273 g/mol. The van der Waals surface area contributed by atoms with Crippen LogP contribution >= 0.6 is 0 Å². The van der Waals surface area contributed by atoms with Crippen molar-refractivity contribution in [2.24, 2.45) is 5.73 Å². The standard InChI is InChI=1S/C16H23N3O/c1-5-19-14(9-12(3)18-19)10-20-16-8-11(2)6-7-15(16)13(4)17/h6-9,13H,5,10,17H2,1-4H3/t13-/m1/s1. The fourth-order valence-electron chi connectivity index (χ4n) is 2.28. The van der Waals surface area contributed by atoms with Crippen LogP contribution < -0.4 is 10.5 Å². The lowest BCUT2D eigenvalue weighted by Crippen LogP contribution is -2.10. The number of benzene rings is 1. The lowest BCUT2D eigenvalue weighted by molar-refractivity contribution is 0.288. The van der Waals surface area contributed by atoms with Crippen molar-refractivity contribution in [3.8, 4) is 5.75 Å². The number of aryl methyl sites for hydroxylation is 3. The van der Waals surface area contributed by atoms with Gasteiger partial charge in [-0.2, -0.15) is 5.10 Å². The lowest BCUT2D eigenvalue weighted by Gasteiger charge is -2.15. The van der Waals surface area contributed by atoms with Crippen LogP contribution in [-0.4, -0.2) is 9.78 Å². The van der Waals surface area contributed by atoms with Gasteiger partial charge in [0.1, 0.15) is 12.4 Å². The Morgan fingerprint density at radius 1 is 1.30 bits per heavy atom. The molecule has 0 amide bonds. The molecule has 0 fully saturated rings. The molecule has 1 aromatic carbocycles. The van der Waals surface area contributed by atoms with Gasteiger partial charge in [0.05, 0.1) is 11.4 Å². The first-order chi connectivity index (χ1) is 9.51. The van der Waals surface area contributed by atoms with Crippen molar-refractivity contribution >= 4 is 0 Å². The van der Waals surface area contributed by atoms with Gasteiger partial charge in [-0.15, -0.1) is 0 Å². The highest BCUT2D eigenvalue weighted by Gasteiger charge is 2.10. The van der Waals surface area contributed by atoms with Crippen LogP contribution in [0.3, 0.4) is 0 Å². The molecule has 2 aromatic rings. The van der Waals surface area contributed by atoms with Crippen molar-refractivity contribution in [3.63, 3.8) is 0 Å². The van der Waals surface area contributed by atoms with Gasteiger partial charge in [-0.25, -0.2) is 0 Å². The summed E-state index contributed by atoms with van der Waals surface area (Å²) < 4.78 is 7.95. The van der Waals surface area contributed by atoms with Crippen molar-refractivity contribution in [1.82, 2.24) is 9.78 Å². The molecule has 2 rings (SSSR count). The van der Waals surface area contributed by atoms with Gasteiger partial charge in [0, 0.05) is 18.2 Å². The Morgan fingerprint density at radius 3 is 2.70 bits per heavy atom. The highest BCUT2D eigenvalue weighted by Crippen LogP contribution is 2.26. The summed E-state index contributed by atoms with van der Waals surface area (Å²) in [6.45, 7) is 9.46. The predicted molar refractivity (Wildman–Crippen MR) is 80.8 cm³/mol. The highest BCUT2D eigenvalue weighted by molar-refractivity contribution is 5.39. The summed E-state index contributed by atoms with van der Waals surface area (Å²) in [4.78, 5) is 0. The molecule has 0 saturated heterocycles. The maximum Gasteiger partial charge on any atom is 0.130 e. The van der Waals surface area contributed by atoms with Crippen LogP contribution in [0.15, 0.2) is 24.3 Å². The zero-order chi connectivity index (χ0) is 14.7. The molecule has 0 bridgehead atoms. The molecule has 0 aliphatic rings. The summed E-state index contributed by atoms with van der Waals surface area (Å²) in [7, 11) is 0. The van der Waals surface area contributed by atoms with E-state index in [0.29, 0.717) is 6.61 Å². The summed E-state index contributed by atoms with van der Waals surface area (Å²) in [5.74, 6) is 0.863. The van der Waals surface area contributed by atoms with Gasteiger partial charge in [0.2, 0.25) is 0 Å². The van der Waals surface area contributed by atoms with Gasteiger partial charge in [0.15, 0.2) is 0 Å². The third-order valence-electron chi connectivity index (χ3n) is 3.32. The Kier molecular flexibility index (Phi) is 4.45. The summed E-state index contributed by atoms with van der Waals surface area (Å²) >= 11 is 0. The number of ether oxygens (including phenoxy) is 1. The minimum Gasteiger partial charge on any atom is -0.487 e. The van der Waals surface area contributed by atoms with E-state index in [0.717, 1.165) is 29.2 Å². The van der Waals surface area contributed by atoms with Crippen LogP contribution in [0, 0.1) is 13.8 Å². The third kappa shape index (κ3) is 3.20. The maximum atomic E-state index is 6.00. The molecule has 1 heterocycles. The van der Waals surface area contributed by atoms with Crippen LogP contribution in [-0.2, 0) is 13.2 Å². The van der Waals surface area contributed by atoms with Crippen LogP contribution in [0.2, 0.25) is 0 Å². The number of nitrogens with zero attached hydrogens (tertiary/aromatic N) is 2. The van der Waals surface area contributed by atoms with Crippen molar-refractivity contribution in [1.29, 1.82) is 0 Å². The van der Waals surface area contributed by atoms with E-state index in [1.807, 2.05) is 30.7 Å². The Labute approximate surface area is 120 Å². The van der Waals surface area contributed by atoms with Crippen molar-refractivity contribution < 1.29 is 4.74 Å². The topological polar surface area (TPSA) is 53.1 Å². The van der Waals surface area contributed by atoms with E-state index < -0.39 is 0 Å². The van der Waals surface area contributed by atoms with E-state index in [9.17, 15) is 0 Å². The molecule has 2 N–H and O–H groups in total. The Balaban J connectivity index is 2.20. The second-order valence-corrected chi connectivity index (χ2v) is 5.21. The largest absolute Gasteiger partial charge is 0.487 e. The monoisotopic (exact) mass is 273 g/mol. The lowest BCUT2D eigenvalue weighted by atomic mass is 10.1. The van der Waals surface area contributed by atoms with Crippen LogP contribution in [0.1, 0.15) is 42.4 Å². The van der Waals surface area contributed by atoms with E-state index >= 15 is 0 Å². The van der Waals surface area contributed by atoms with Gasteiger partial charge in [0.25, 0.3) is 0 Å². The molecule has 0 aliphatic heterocycles. The van der Waals surface area contributed by atoms with E-state index in [4.69, 9.17) is 10.5 Å². The summed E-state index contributed by atoms with van der Waals surface area (Å²) in [5, 5.41) is 4.43. The Hall–Kier alpha value is -1.81. The maximum absolute atomic E-state index is 6.00. The first kappa shape index (κ1) is 14.6. The van der Waals surface area contributed by atoms with Gasteiger partial charge in [-0.3, -0.25) is 4.68 Å². The second-order valence-electron chi connectivity index (χ2n) is 5.21. The Bertz CT molecular complexity index is 587. The molecule has 108 valence electrons. The molecule has 0 aliphatic carbocycles. The van der Waals surface area contributed by atoms with Gasteiger partial charge < -0.3 is 10.5 Å². The first-order valence-corrected chi connectivity index (χ1v) is 7.03. The molecule has 1 atom stereocenters. The fourth-order valence-corrected chi connectivity index (χ4v) is 2.28. The predicted octanol–water partition coefficient (Wildman–Crippen LogP) is 3.12. The van der Waals surface area contributed by atoms with E-state index in [1.165, 1.54) is 5.56 Å². The molecule has 4 nitrogen and oxygen atoms in total. The number of hydrogen-bond donors (Lipinski definition) is 1. The van der Waals surface area contributed by atoms with Crippen LogP contribution in [0.5, 0.6) is 5.75 Å². The van der Waals surface area contributed by atoms with E-state index in [1.54, 1.807) is 0 Å². The molecule has 0 unspecified atom stereocenters. The van der Waals surface area contributed by atoms with Crippen LogP contribution in [0.4, 0.5) is 0 Å². The molecular formula is C16H23N3O. The molecule has 0 spiro atoms. The average Bonchev–Trinajstić information content (AvgIpc) is 2.76. The zero-order valence-electron chi connectivity index (χ0n) is 12.7. The van der Waals surface area contributed by atoms with E-state index in [2.05, 4.69) is 31.1 Å². The number of rotatable bonds is 5. The summed E-state index contributed by atoms with van der Waals surface area (Å²) in [5.41, 5.74) is 10.3. The molecule has 0 saturated carbocycles. The molecule has 0 radical (unpaired) electrons. The van der Waals surface area contributed by atoms with Gasteiger partial charge >= 0.3 is 0 Å². The van der Waals surface area contributed by atoms with Crippen molar-refractivity contribution in [2.75, 3.05) is 0 Å². The minimum atomic E-state index is -0.0385. The zero-order valence-corrected chi connectivity index (χ0v) is 12.7. The van der Waals surface area contributed by atoms with Crippen molar-refractivity contribution in [3.05, 3.63) is 46.8 Å². The summed E-state index contributed by atoms with van der Waals surface area (Å²) in [6, 6.07) is 8.16. The number of nitrogens with two attached hydrogens (primary N) is 1. The normalized spacial score (nSPS) is 12.4. The van der Waals surface area contributed by atoms with Crippen LogP contribution in [0.25, 0.3) is 0 Å². The third-order valence-corrected chi connectivity index (χ3v) is 3.32. The van der Waals surface area contributed by atoms with Crippen molar-refractivity contribution in [2.45, 2.75) is 46.9 Å². The summed E-state index contributed by atoms with van der Waals surface area (Å²) in [6.07, 6.45) is 0.